The van der Waals surface area contributed by atoms with E-state index in [1.165, 1.54) is 23.8 Å². The number of para-hydroxylation sites is 1. The molecule has 2 unspecified atom stereocenters. The molecule has 5 heterocycles. The quantitative estimate of drug-likeness (QED) is 0.384. The Morgan fingerprint density at radius 3 is 2.35 bits per heavy atom. The first-order valence-electron chi connectivity index (χ1n) is 17.2. The van der Waals surface area contributed by atoms with Crippen LogP contribution in [0.3, 0.4) is 0 Å². The molecular weight excluding hydrogens is 661 g/mol. The number of alkyl halides is 3. The molecule has 14 heteroatoms. The number of anilines is 2. The summed E-state index contributed by atoms with van der Waals surface area (Å²) in [4.78, 5) is 45.9. The van der Waals surface area contributed by atoms with Crippen molar-refractivity contribution in [1.82, 2.24) is 20.0 Å². The lowest BCUT2D eigenvalue weighted by Crippen LogP contribution is -2.57. The number of halogens is 4. The van der Waals surface area contributed by atoms with Gasteiger partial charge in [0.15, 0.2) is 6.10 Å². The average molecular weight is 703 g/mol. The van der Waals surface area contributed by atoms with Gasteiger partial charge in [-0.3, -0.25) is 14.5 Å². The number of piperazine rings is 1. The number of amides is 3. The molecule has 3 amide bonds. The zero-order chi connectivity index (χ0) is 34.5. The number of hydrogen-bond acceptors (Lipinski definition) is 7. The first-order valence-corrected chi connectivity index (χ1v) is 17.6. The van der Waals surface area contributed by atoms with Crippen molar-refractivity contribution in [1.29, 1.82) is 0 Å². The summed E-state index contributed by atoms with van der Waals surface area (Å²) in [7, 11) is 0. The van der Waals surface area contributed by atoms with Crippen LogP contribution >= 0.6 is 11.6 Å². The Labute approximate surface area is 288 Å². The minimum Gasteiger partial charge on any atom is -0.436 e. The van der Waals surface area contributed by atoms with Gasteiger partial charge in [0.05, 0.1) is 16.3 Å². The van der Waals surface area contributed by atoms with Gasteiger partial charge >= 0.3 is 12.3 Å². The van der Waals surface area contributed by atoms with Crippen LogP contribution in [-0.4, -0.2) is 96.1 Å². The van der Waals surface area contributed by atoms with E-state index in [0.29, 0.717) is 76.7 Å². The van der Waals surface area contributed by atoms with Crippen molar-refractivity contribution in [2.45, 2.75) is 87.2 Å². The number of piperidine rings is 2. The zero-order valence-corrected chi connectivity index (χ0v) is 28.0. The van der Waals surface area contributed by atoms with Crippen LogP contribution in [-0.2, 0) is 32.3 Å². The smallest absolute Gasteiger partial charge is 0.418 e. The van der Waals surface area contributed by atoms with Gasteiger partial charge in [-0.25, -0.2) is 4.79 Å². The van der Waals surface area contributed by atoms with Gasteiger partial charge in [-0.1, -0.05) is 29.8 Å². The first kappa shape index (κ1) is 33.9. The Morgan fingerprint density at radius 2 is 1.67 bits per heavy atom. The number of benzene rings is 2. The van der Waals surface area contributed by atoms with E-state index < -0.39 is 40.9 Å². The molecule has 2 aromatic carbocycles. The SMILES string of the molecule is Nc1c(Cl)cc(C[C@@H](OC(=O)N2CCC3(CC2)CC(=O)Nc2ccccc23)C(=O)N2CCN(C3CC4CCC(C3)N4)CC2)cc1C(F)(F)F. The molecule has 4 fully saturated rings. The van der Waals surface area contributed by atoms with Gasteiger partial charge in [-0.15, -0.1) is 0 Å². The van der Waals surface area contributed by atoms with Gasteiger partial charge < -0.3 is 30.9 Å². The van der Waals surface area contributed by atoms with Crippen LogP contribution in [0.2, 0.25) is 5.02 Å². The van der Waals surface area contributed by atoms with E-state index in [1.54, 1.807) is 4.90 Å². The molecule has 264 valence electrons. The molecule has 4 N–H and O–H groups in total. The van der Waals surface area contributed by atoms with Crippen LogP contribution in [0.4, 0.5) is 29.3 Å². The lowest BCUT2D eigenvalue weighted by molar-refractivity contribution is -0.143. The van der Waals surface area contributed by atoms with E-state index in [9.17, 15) is 27.6 Å². The highest BCUT2D eigenvalue weighted by Gasteiger charge is 2.44. The van der Waals surface area contributed by atoms with Gasteiger partial charge in [0.1, 0.15) is 0 Å². The third kappa shape index (κ3) is 6.94. The fraction of sp³-hybridized carbons (Fsp3) is 0.571. The van der Waals surface area contributed by atoms with Gasteiger partial charge in [0.25, 0.3) is 5.91 Å². The van der Waals surface area contributed by atoms with Crippen molar-refractivity contribution in [2.75, 3.05) is 50.3 Å². The molecule has 4 saturated heterocycles. The lowest BCUT2D eigenvalue weighted by Gasteiger charge is -2.45. The normalized spacial score (nSPS) is 25.9. The van der Waals surface area contributed by atoms with Gasteiger partial charge in [0.2, 0.25) is 5.91 Å². The lowest BCUT2D eigenvalue weighted by atomic mass is 9.68. The topological polar surface area (TPSA) is 120 Å². The summed E-state index contributed by atoms with van der Waals surface area (Å²) >= 11 is 6.12. The molecule has 1 spiro atoms. The van der Waals surface area contributed by atoms with E-state index in [-0.39, 0.29) is 22.9 Å². The molecule has 49 heavy (non-hydrogen) atoms. The summed E-state index contributed by atoms with van der Waals surface area (Å²) in [5.74, 6) is -0.528. The zero-order valence-electron chi connectivity index (χ0n) is 27.2. The van der Waals surface area contributed by atoms with Crippen molar-refractivity contribution < 1.29 is 32.3 Å². The standard InChI is InChI=1S/C35H42ClF3N6O4/c36-27-16-21(15-26(31(27)40)35(37,38)39)17-29(32(47)44-13-11-43(12-14-44)24-18-22-5-6-23(19-24)41-22)49-33(48)45-9-7-34(8-10-45)20-30(46)42-28-4-2-1-3-25(28)34/h1-4,15-16,22-24,29,41H,5-14,17-20,40H2,(H,42,46)/t22?,23?,24?,29-/m1/s1. The minimum absolute atomic E-state index is 0.0756. The van der Waals surface area contributed by atoms with Crippen LogP contribution < -0.4 is 16.4 Å². The number of ether oxygens (including phenoxy) is 1. The van der Waals surface area contributed by atoms with E-state index in [4.69, 9.17) is 22.1 Å². The minimum atomic E-state index is -4.76. The monoisotopic (exact) mass is 702 g/mol. The number of carbonyl (C=O) groups excluding carboxylic acids is 3. The number of nitrogens with two attached hydrogens (primary N) is 1. The first-order chi connectivity index (χ1) is 23.4. The number of fused-ring (bicyclic) bond motifs is 4. The fourth-order valence-electron chi connectivity index (χ4n) is 8.67. The molecule has 2 bridgehead atoms. The number of likely N-dealkylation sites (tertiary alicyclic amines) is 1. The average Bonchev–Trinajstić information content (AvgIpc) is 3.42. The molecule has 7 rings (SSSR count). The Hall–Kier alpha value is -3.55. The van der Waals surface area contributed by atoms with E-state index in [1.807, 2.05) is 24.3 Å². The summed E-state index contributed by atoms with van der Waals surface area (Å²) in [5.41, 5.74) is 5.44. The Bertz CT molecular complexity index is 1600. The predicted molar refractivity (Wildman–Crippen MR) is 178 cm³/mol. The number of nitrogens with zero attached hydrogens (tertiary/aromatic N) is 3. The largest absolute Gasteiger partial charge is 0.436 e. The number of nitrogen functional groups attached to an aromatic ring is 1. The van der Waals surface area contributed by atoms with Crippen LogP contribution in [0.15, 0.2) is 36.4 Å². The molecule has 3 atom stereocenters. The van der Waals surface area contributed by atoms with Crippen LogP contribution in [0, 0.1) is 0 Å². The third-order valence-electron chi connectivity index (χ3n) is 11.3. The molecule has 5 aliphatic rings. The molecule has 0 radical (unpaired) electrons. The molecular formula is C35H42ClF3N6O4. The second-order valence-corrected chi connectivity index (χ2v) is 14.7. The van der Waals surface area contributed by atoms with Gasteiger partial charge in [-0.2, -0.15) is 13.2 Å². The Balaban J connectivity index is 1.06. The highest BCUT2D eigenvalue weighted by molar-refractivity contribution is 6.33. The molecule has 2 aromatic rings. The van der Waals surface area contributed by atoms with E-state index in [0.717, 1.165) is 30.2 Å². The number of hydrogen-bond donors (Lipinski definition) is 3. The molecule has 0 saturated carbocycles. The van der Waals surface area contributed by atoms with Crippen molar-refractivity contribution in [3.63, 3.8) is 0 Å². The summed E-state index contributed by atoms with van der Waals surface area (Å²) < 4.78 is 47.3. The second kappa shape index (κ2) is 13.3. The summed E-state index contributed by atoms with van der Waals surface area (Å²) in [6, 6.07) is 11.4. The van der Waals surface area contributed by atoms with Crippen molar-refractivity contribution in [3.8, 4) is 0 Å². The fourth-order valence-corrected chi connectivity index (χ4v) is 8.91. The molecule has 0 aromatic heterocycles. The molecule has 0 aliphatic carbocycles. The van der Waals surface area contributed by atoms with Crippen LogP contribution in [0.25, 0.3) is 0 Å². The maximum Gasteiger partial charge on any atom is 0.418 e. The number of carbonyl (C=O) groups is 3. The molecule has 5 aliphatic heterocycles. The Kier molecular flexibility index (Phi) is 9.20. The molecule has 10 nitrogen and oxygen atoms in total. The number of rotatable bonds is 5. The van der Waals surface area contributed by atoms with Crippen LogP contribution in [0.5, 0.6) is 0 Å². The maximum atomic E-state index is 14.0. The predicted octanol–water partition coefficient (Wildman–Crippen LogP) is 4.79. The highest BCUT2D eigenvalue weighted by atomic mass is 35.5. The summed E-state index contributed by atoms with van der Waals surface area (Å²) in [6.45, 7) is 2.79. The third-order valence-corrected chi connectivity index (χ3v) is 11.6. The van der Waals surface area contributed by atoms with Crippen molar-refractivity contribution in [3.05, 3.63) is 58.1 Å². The van der Waals surface area contributed by atoms with Crippen molar-refractivity contribution in [2.24, 2.45) is 0 Å². The maximum absolute atomic E-state index is 14.0. The summed E-state index contributed by atoms with van der Waals surface area (Å²) in [5, 5.41) is 6.30. The Morgan fingerprint density at radius 1 is 1.00 bits per heavy atom. The second-order valence-electron chi connectivity index (χ2n) is 14.3. The van der Waals surface area contributed by atoms with E-state index in [2.05, 4.69) is 15.5 Å². The van der Waals surface area contributed by atoms with Gasteiger partial charge in [0, 0.05) is 81.3 Å². The summed E-state index contributed by atoms with van der Waals surface area (Å²) in [6.07, 6.45) is -1.25. The van der Waals surface area contributed by atoms with E-state index >= 15 is 0 Å². The van der Waals surface area contributed by atoms with Crippen molar-refractivity contribution >= 4 is 40.9 Å². The van der Waals surface area contributed by atoms with Crippen LogP contribution in [0.1, 0.15) is 61.6 Å². The van der Waals surface area contributed by atoms with Gasteiger partial charge in [-0.05, 0) is 67.9 Å². The highest BCUT2D eigenvalue weighted by Crippen LogP contribution is 2.45. The number of nitrogens with one attached hydrogen (secondary N) is 2.